The Morgan fingerprint density at radius 3 is 2.81 bits per heavy atom. The van der Waals surface area contributed by atoms with Gasteiger partial charge in [-0.3, -0.25) is 19.3 Å². The molecule has 0 saturated carbocycles. The molecule has 0 spiro atoms. The number of carbonyl (C=O) groups is 1. The number of thioether (sulfide) groups is 1. The predicted octanol–water partition coefficient (Wildman–Crippen LogP) is 3.82. The number of benzene rings is 1. The normalized spacial score (nSPS) is 11.0. The number of pyridine rings is 1. The third-order valence-corrected chi connectivity index (χ3v) is 4.21. The number of alkyl halides is 2. The summed E-state index contributed by atoms with van der Waals surface area (Å²) in [6.45, 7) is -3.15. The standard InChI is InChI=1S/C16H12F2N4O4S/c1-27-16-20-13(11-4-2-3-7-21(11)16)14(23)19-10-8-9(22(24)25)5-6-12(10)26-15(17)18/h2-8,15H,1H3,(H,19,23). The molecule has 140 valence electrons. The SMILES string of the molecule is CSc1nc(C(=O)Nc2cc([N+](=O)[O-])ccc2OC(F)F)c2ccccn12. The van der Waals surface area contributed by atoms with Crippen LogP contribution in [0.5, 0.6) is 5.75 Å². The second-order valence-corrected chi connectivity index (χ2v) is 5.95. The molecular formula is C16H12F2N4O4S. The minimum absolute atomic E-state index is 0.0504. The first kappa shape index (κ1) is 18.6. The van der Waals surface area contributed by atoms with Crippen LogP contribution in [-0.4, -0.2) is 33.1 Å². The summed E-state index contributed by atoms with van der Waals surface area (Å²) in [6.07, 6.45) is 3.52. The van der Waals surface area contributed by atoms with Gasteiger partial charge in [-0.25, -0.2) is 4.98 Å². The van der Waals surface area contributed by atoms with E-state index in [-0.39, 0.29) is 17.1 Å². The van der Waals surface area contributed by atoms with Crippen LogP contribution in [0.2, 0.25) is 0 Å². The lowest BCUT2D eigenvalue weighted by molar-refractivity contribution is -0.384. The van der Waals surface area contributed by atoms with Crippen LogP contribution in [0, 0.1) is 10.1 Å². The van der Waals surface area contributed by atoms with Gasteiger partial charge in [0.25, 0.3) is 11.6 Å². The van der Waals surface area contributed by atoms with E-state index in [0.29, 0.717) is 10.7 Å². The number of aromatic nitrogens is 2. The Morgan fingerprint density at radius 1 is 1.37 bits per heavy atom. The van der Waals surface area contributed by atoms with Crippen molar-refractivity contribution in [2.24, 2.45) is 0 Å². The van der Waals surface area contributed by atoms with Gasteiger partial charge < -0.3 is 10.1 Å². The second-order valence-electron chi connectivity index (χ2n) is 5.17. The van der Waals surface area contributed by atoms with Crippen LogP contribution in [0.25, 0.3) is 5.52 Å². The van der Waals surface area contributed by atoms with Gasteiger partial charge in [-0.15, -0.1) is 0 Å². The number of nitro groups is 1. The van der Waals surface area contributed by atoms with Gasteiger partial charge >= 0.3 is 6.61 Å². The summed E-state index contributed by atoms with van der Waals surface area (Å²) in [6, 6.07) is 8.11. The number of halogens is 2. The Morgan fingerprint density at radius 2 is 2.15 bits per heavy atom. The van der Waals surface area contributed by atoms with Crippen molar-refractivity contribution in [1.29, 1.82) is 0 Å². The van der Waals surface area contributed by atoms with Gasteiger partial charge in [0, 0.05) is 18.3 Å². The number of ether oxygens (including phenoxy) is 1. The van der Waals surface area contributed by atoms with E-state index in [4.69, 9.17) is 0 Å². The maximum atomic E-state index is 12.7. The molecule has 0 bridgehead atoms. The number of nitrogens with zero attached hydrogens (tertiary/aromatic N) is 3. The summed E-state index contributed by atoms with van der Waals surface area (Å²) in [5.74, 6) is -1.10. The second kappa shape index (κ2) is 7.58. The Labute approximate surface area is 155 Å². The number of nitrogens with one attached hydrogen (secondary N) is 1. The predicted molar refractivity (Wildman–Crippen MR) is 94.7 cm³/mol. The van der Waals surface area contributed by atoms with E-state index in [1.165, 1.54) is 11.8 Å². The van der Waals surface area contributed by atoms with Gasteiger partial charge in [0.2, 0.25) is 0 Å². The molecule has 1 N–H and O–H groups in total. The highest BCUT2D eigenvalue weighted by molar-refractivity contribution is 7.98. The summed E-state index contributed by atoms with van der Waals surface area (Å²) in [5.41, 5.74) is -0.0840. The molecule has 0 atom stereocenters. The average molecular weight is 394 g/mol. The number of non-ortho nitro benzene ring substituents is 1. The van der Waals surface area contributed by atoms with E-state index in [0.717, 1.165) is 18.2 Å². The van der Waals surface area contributed by atoms with Gasteiger partial charge in [0.05, 0.1) is 16.1 Å². The molecule has 2 aromatic heterocycles. The Balaban J connectivity index is 2.00. The highest BCUT2D eigenvalue weighted by Gasteiger charge is 2.21. The maximum absolute atomic E-state index is 12.7. The topological polar surface area (TPSA) is 98.8 Å². The summed E-state index contributed by atoms with van der Waals surface area (Å²) in [4.78, 5) is 27.1. The first-order chi connectivity index (χ1) is 12.9. The molecule has 11 heteroatoms. The Bertz CT molecular complexity index is 1020. The monoisotopic (exact) mass is 394 g/mol. The van der Waals surface area contributed by atoms with Gasteiger partial charge in [0.1, 0.15) is 5.75 Å². The summed E-state index contributed by atoms with van der Waals surface area (Å²) in [5, 5.41) is 13.9. The molecule has 3 aromatic rings. The molecular weight excluding hydrogens is 382 g/mol. The summed E-state index contributed by atoms with van der Waals surface area (Å²) >= 11 is 1.32. The maximum Gasteiger partial charge on any atom is 0.387 e. The fraction of sp³-hybridized carbons (Fsp3) is 0.125. The van der Waals surface area contributed by atoms with E-state index in [2.05, 4.69) is 15.0 Å². The fourth-order valence-electron chi connectivity index (χ4n) is 2.43. The molecule has 0 aliphatic carbocycles. The number of rotatable bonds is 6. The van der Waals surface area contributed by atoms with Crippen molar-refractivity contribution in [3.8, 4) is 5.75 Å². The number of imidazole rings is 1. The molecule has 1 aromatic carbocycles. The molecule has 27 heavy (non-hydrogen) atoms. The molecule has 0 aliphatic heterocycles. The third-order valence-electron chi connectivity index (χ3n) is 3.55. The van der Waals surface area contributed by atoms with Crippen molar-refractivity contribution in [1.82, 2.24) is 9.38 Å². The summed E-state index contributed by atoms with van der Waals surface area (Å²) < 4.78 is 31.2. The number of hydrogen-bond acceptors (Lipinski definition) is 6. The van der Waals surface area contributed by atoms with Crippen LogP contribution in [0.1, 0.15) is 10.5 Å². The number of fused-ring (bicyclic) bond motifs is 1. The first-order valence-electron chi connectivity index (χ1n) is 7.46. The highest BCUT2D eigenvalue weighted by Crippen LogP contribution is 2.31. The number of nitro benzene ring substituents is 1. The van der Waals surface area contributed by atoms with Crippen molar-refractivity contribution in [3.05, 3.63) is 58.4 Å². The minimum Gasteiger partial charge on any atom is -0.433 e. The van der Waals surface area contributed by atoms with E-state index in [1.807, 2.05) is 0 Å². The zero-order chi connectivity index (χ0) is 19.6. The van der Waals surface area contributed by atoms with Gasteiger partial charge in [-0.05, 0) is 24.5 Å². The van der Waals surface area contributed by atoms with Crippen molar-refractivity contribution < 1.29 is 23.2 Å². The summed E-state index contributed by atoms with van der Waals surface area (Å²) in [7, 11) is 0. The largest absolute Gasteiger partial charge is 0.433 e. The average Bonchev–Trinajstić information content (AvgIpc) is 3.01. The Hall–Kier alpha value is -3.21. The number of amides is 1. The smallest absolute Gasteiger partial charge is 0.387 e. The Kier molecular flexibility index (Phi) is 5.21. The molecule has 0 radical (unpaired) electrons. The molecule has 0 aliphatic rings. The molecule has 0 fully saturated rings. The molecule has 0 saturated heterocycles. The minimum atomic E-state index is -3.15. The number of anilines is 1. The van der Waals surface area contributed by atoms with Crippen LogP contribution >= 0.6 is 11.8 Å². The van der Waals surface area contributed by atoms with Crippen LogP contribution < -0.4 is 10.1 Å². The lowest BCUT2D eigenvalue weighted by atomic mass is 10.2. The molecule has 1 amide bonds. The van der Waals surface area contributed by atoms with Crippen LogP contribution in [0.3, 0.4) is 0 Å². The van der Waals surface area contributed by atoms with Crippen molar-refractivity contribution in [3.63, 3.8) is 0 Å². The fourth-order valence-corrected chi connectivity index (χ4v) is 2.97. The zero-order valence-corrected chi connectivity index (χ0v) is 14.6. The number of hydrogen-bond donors (Lipinski definition) is 1. The van der Waals surface area contributed by atoms with Gasteiger partial charge in [-0.1, -0.05) is 17.8 Å². The third kappa shape index (κ3) is 3.82. The van der Waals surface area contributed by atoms with Crippen molar-refractivity contribution in [2.45, 2.75) is 11.8 Å². The van der Waals surface area contributed by atoms with E-state index < -0.39 is 23.2 Å². The van der Waals surface area contributed by atoms with Crippen LogP contribution in [0.15, 0.2) is 47.8 Å². The highest BCUT2D eigenvalue weighted by atomic mass is 32.2. The molecule has 0 unspecified atom stereocenters. The van der Waals surface area contributed by atoms with E-state index in [1.54, 1.807) is 35.1 Å². The van der Waals surface area contributed by atoms with Crippen molar-refractivity contribution in [2.75, 3.05) is 11.6 Å². The van der Waals surface area contributed by atoms with Crippen LogP contribution in [0.4, 0.5) is 20.2 Å². The van der Waals surface area contributed by atoms with Gasteiger partial charge in [0.15, 0.2) is 10.9 Å². The van der Waals surface area contributed by atoms with Crippen molar-refractivity contribution >= 4 is 34.6 Å². The quantitative estimate of drug-likeness (QED) is 0.388. The van der Waals surface area contributed by atoms with E-state index in [9.17, 15) is 23.7 Å². The number of carbonyl (C=O) groups excluding carboxylic acids is 1. The molecule has 2 heterocycles. The van der Waals surface area contributed by atoms with Crippen LogP contribution in [-0.2, 0) is 0 Å². The zero-order valence-electron chi connectivity index (χ0n) is 13.8. The van der Waals surface area contributed by atoms with Gasteiger partial charge in [-0.2, -0.15) is 8.78 Å². The first-order valence-corrected chi connectivity index (χ1v) is 8.69. The lowest BCUT2D eigenvalue weighted by Gasteiger charge is -2.11. The molecule has 8 nitrogen and oxygen atoms in total. The van der Waals surface area contributed by atoms with E-state index >= 15 is 0 Å². The lowest BCUT2D eigenvalue weighted by Crippen LogP contribution is -2.15. The molecule has 3 rings (SSSR count).